The maximum Gasteiger partial charge on any atom is 0.159 e. The molecule has 0 saturated carbocycles. The number of hydrogen-bond acceptors (Lipinski definition) is 3. The maximum atomic E-state index is 12.9. The normalized spacial score (nSPS) is 38.4. The van der Waals surface area contributed by atoms with Crippen LogP contribution in [0.5, 0.6) is 0 Å². The number of ketones is 1. The molecule has 4 rings (SSSR count). The van der Waals surface area contributed by atoms with Gasteiger partial charge in [-0.2, -0.15) is 0 Å². The summed E-state index contributed by atoms with van der Waals surface area (Å²) in [6.07, 6.45) is 7.96. The number of allylic oxidation sites excluding steroid dienone is 2. The van der Waals surface area contributed by atoms with Crippen LogP contribution in [0.1, 0.15) is 59.3 Å². The van der Waals surface area contributed by atoms with Gasteiger partial charge in [-0.1, -0.05) is 62.4 Å². The molecule has 1 aliphatic heterocycles. The van der Waals surface area contributed by atoms with Gasteiger partial charge in [0.25, 0.3) is 0 Å². The number of benzene rings is 1. The van der Waals surface area contributed by atoms with Crippen molar-refractivity contribution in [3.63, 3.8) is 0 Å². The van der Waals surface area contributed by atoms with E-state index in [1.54, 1.807) is 11.8 Å². The molecule has 2 nitrogen and oxygen atoms in total. The number of thioether (sulfide) groups is 1. The van der Waals surface area contributed by atoms with E-state index in [1.165, 1.54) is 10.5 Å². The van der Waals surface area contributed by atoms with Crippen molar-refractivity contribution in [3.05, 3.63) is 54.1 Å². The maximum absolute atomic E-state index is 12.9. The van der Waals surface area contributed by atoms with E-state index < -0.39 is 0 Å². The van der Waals surface area contributed by atoms with E-state index in [0.29, 0.717) is 18.1 Å². The molecular formula is C25H32O2S. The number of hydrogen-bond donors (Lipinski definition) is 0. The van der Waals surface area contributed by atoms with Gasteiger partial charge in [0.15, 0.2) is 5.78 Å². The van der Waals surface area contributed by atoms with Crippen LogP contribution in [0, 0.1) is 16.7 Å². The second-order valence-electron chi connectivity index (χ2n) is 9.38. The Bertz CT molecular complexity index is 798. The molecule has 0 unspecified atom stereocenters. The summed E-state index contributed by atoms with van der Waals surface area (Å²) in [7, 11) is 0. The van der Waals surface area contributed by atoms with E-state index >= 15 is 0 Å². The zero-order valence-corrected chi connectivity index (χ0v) is 18.2. The van der Waals surface area contributed by atoms with E-state index in [1.807, 2.05) is 6.07 Å². The first-order valence-corrected chi connectivity index (χ1v) is 11.5. The molecule has 0 amide bonds. The smallest absolute Gasteiger partial charge is 0.159 e. The summed E-state index contributed by atoms with van der Waals surface area (Å²) in [5, 5.41) is 0. The van der Waals surface area contributed by atoms with Crippen LogP contribution in [0.2, 0.25) is 0 Å². The summed E-state index contributed by atoms with van der Waals surface area (Å²) in [4.78, 5) is 14.1. The predicted octanol–water partition coefficient (Wildman–Crippen LogP) is 6.57. The van der Waals surface area contributed by atoms with Gasteiger partial charge < -0.3 is 4.74 Å². The van der Waals surface area contributed by atoms with Gasteiger partial charge in [-0.05, 0) is 55.6 Å². The lowest BCUT2D eigenvalue weighted by atomic mass is 9.59. The first-order chi connectivity index (χ1) is 13.4. The van der Waals surface area contributed by atoms with Gasteiger partial charge in [0.1, 0.15) is 5.44 Å². The monoisotopic (exact) mass is 396 g/mol. The number of carbonyl (C=O) groups excluding carboxylic acids is 1. The molecule has 0 aromatic heterocycles. The largest absolute Gasteiger partial charge is 0.363 e. The molecule has 1 fully saturated rings. The van der Waals surface area contributed by atoms with Crippen LogP contribution in [-0.4, -0.2) is 17.3 Å². The molecule has 1 aromatic carbocycles. The van der Waals surface area contributed by atoms with Gasteiger partial charge in [0.2, 0.25) is 0 Å². The molecule has 28 heavy (non-hydrogen) atoms. The summed E-state index contributed by atoms with van der Waals surface area (Å²) >= 11 is 1.80. The predicted molar refractivity (Wildman–Crippen MR) is 116 cm³/mol. The Labute approximate surface area is 173 Å². The van der Waals surface area contributed by atoms with Crippen molar-refractivity contribution in [3.8, 4) is 0 Å². The molecule has 3 aliphatic rings. The van der Waals surface area contributed by atoms with Crippen molar-refractivity contribution >= 4 is 17.5 Å². The summed E-state index contributed by atoms with van der Waals surface area (Å²) in [6.45, 7) is 11.1. The zero-order chi connectivity index (χ0) is 19.9. The zero-order valence-electron chi connectivity index (χ0n) is 17.4. The van der Waals surface area contributed by atoms with Crippen molar-refractivity contribution in [2.45, 2.75) is 75.7 Å². The van der Waals surface area contributed by atoms with Gasteiger partial charge in [0.05, 0.1) is 6.10 Å². The Morgan fingerprint density at radius 3 is 2.61 bits per heavy atom. The second-order valence-corrected chi connectivity index (χ2v) is 10.6. The highest BCUT2D eigenvalue weighted by Crippen LogP contribution is 2.57. The highest BCUT2D eigenvalue weighted by atomic mass is 32.2. The molecule has 3 heteroatoms. The van der Waals surface area contributed by atoms with Crippen molar-refractivity contribution in [2.24, 2.45) is 16.7 Å². The van der Waals surface area contributed by atoms with Crippen LogP contribution in [0.25, 0.3) is 0 Å². The minimum Gasteiger partial charge on any atom is -0.363 e. The standard InChI is InChI=1S/C25H32O2S/c1-5-24(3)15-21(27-22(16-24)28-19-9-7-6-8-10-19)25(4)17(2)11-12-18-13-14-20(26)23(18)25/h5-10,17,21-22H,1,11-16H2,2-4H3/t17-,21-,22+,24-,25-/m1/s1. The van der Waals surface area contributed by atoms with Crippen molar-refractivity contribution < 1.29 is 9.53 Å². The summed E-state index contributed by atoms with van der Waals surface area (Å²) in [6, 6.07) is 10.5. The SMILES string of the molecule is C=C[C@@]1(C)C[C@H](Sc2ccccc2)O[C@@H]([C@]2(C)C3=C(CCC3=O)CC[C@H]2C)C1. The molecule has 2 aliphatic carbocycles. The van der Waals surface area contributed by atoms with Crippen molar-refractivity contribution in [1.82, 2.24) is 0 Å². The van der Waals surface area contributed by atoms with Crippen LogP contribution in [-0.2, 0) is 9.53 Å². The summed E-state index contributed by atoms with van der Waals surface area (Å²) in [5.41, 5.74) is 2.44. The number of rotatable bonds is 4. The van der Waals surface area contributed by atoms with Gasteiger partial charge in [0, 0.05) is 22.3 Å². The fourth-order valence-electron chi connectivity index (χ4n) is 5.47. The molecule has 5 atom stereocenters. The summed E-state index contributed by atoms with van der Waals surface area (Å²) in [5.74, 6) is 0.818. The lowest BCUT2D eigenvalue weighted by Gasteiger charge is -2.52. The first kappa shape index (κ1) is 20.0. The topological polar surface area (TPSA) is 26.3 Å². The van der Waals surface area contributed by atoms with Crippen LogP contribution >= 0.6 is 11.8 Å². The quantitative estimate of drug-likeness (QED) is 0.538. The molecule has 1 heterocycles. The fraction of sp³-hybridized carbons (Fsp3) is 0.560. The third-order valence-electron chi connectivity index (χ3n) is 7.50. The minimum atomic E-state index is -0.193. The number of ether oxygens (including phenoxy) is 1. The second kappa shape index (κ2) is 7.50. The van der Waals surface area contributed by atoms with Gasteiger partial charge in [-0.25, -0.2) is 0 Å². The van der Waals surface area contributed by atoms with E-state index in [4.69, 9.17) is 4.74 Å². The molecule has 0 spiro atoms. The Hall–Kier alpha value is -1.32. The Balaban J connectivity index is 1.68. The Kier molecular flexibility index (Phi) is 5.35. The van der Waals surface area contributed by atoms with Crippen LogP contribution in [0.15, 0.2) is 59.0 Å². The minimum absolute atomic E-state index is 0.0257. The average molecular weight is 397 g/mol. The highest BCUT2D eigenvalue weighted by Gasteiger charge is 2.53. The Morgan fingerprint density at radius 2 is 1.89 bits per heavy atom. The van der Waals surface area contributed by atoms with Crippen LogP contribution in [0.3, 0.4) is 0 Å². The number of Topliss-reactive ketones (excluding diaryl/α,β-unsaturated/α-hetero) is 1. The lowest BCUT2D eigenvalue weighted by molar-refractivity contribution is -0.127. The lowest BCUT2D eigenvalue weighted by Crippen LogP contribution is -2.51. The molecule has 0 N–H and O–H groups in total. The molecule has 1 saturated heterocycles. The Morgan fingerprint density at radius 1 is 1.14 bits per heavy atom. The highest BCUT2D eigenvalue weighted by molar-refractivity contribution is 7.99. The van der Waals surface area contributed by atoms with Crippen molar-refractivity contribution in [2.75, 3.05) is 0 Å². The molecule has 150 valence electrons. The van der Waals surface area contributed by atoms with E-state index in [0.717, 1.165) is 37.7 Å². The first-order valence-electron chi connectivity index (χ1n) is 10.6. The molecule has 0 radical (unpaired) electrons. The fourth-order valence-corrected chi connectivity index (χ4v) is 6.74. The van der Waals surface area contributed by atoms with E-state index in [-0.39, 0.29) is 22.4 Å². The average Bonchev–Trinajstić information content (AvgIpc) is 3.07. The molecular weight excluding hydrogens is 364 g/mol. The van der Waals surface area contributed by atoms with E-state index in [9.17, 15) is 4.79 Å². The van der Waals surface area contributed by atoms with Crippen molar-refractivity contribution in [1.29, 1.82) is 0 Å². The van der Waals surface area contributed by atoms with Crippen LogP contribution in [0.4, 0.5) is 0 Å². The van der Waals surface area contributed by atoms with Crippen LogP contribution < -0.4 is 0 Å². The van der Waals surface area contributed by atoms with E-state index in [2.05, 4.69) is 57.7 Å². The van der Waals surface area contributed by atoms with Gasteiger partial charge in [-0.15, -0.1) is 6.58 Å². The number of carbonyl (C=O) groups is 1. The van der Waals surface area contributed by atoms with Gasteiger partial charge >= 0.3 is 0 Å². The molecule has 1 aromatic rings. The summed E-state index contributed by atoms with van der Waals surface area (Å²) < 4.78 is 6.79. The van der Waals surface area contributed by atoms with Gasteiger partial charge in [-0.3, -0.25) is 4.79 Å². The third-order valence-corrected chi connectivity index (χ3v) is 8.59. The third kappa shape index (κ3) is 3.41. The molecule has 0 bridgehead atoms.